The van der Waals surface area contributed by atoms with Crippen LogP contribution in [0.25, 0.3) is 0 Å². The van der Waals surface area contributed by atoms with Gasteiger partial charge in [0.1, 0.15) is 12.9 Å². The molecule has 94 valence electrons. The predicted octanol–water partition coefficient (Wildman–Crippen LogP) is 1.04. The van der Waals surface area contributed by atoms with Crippen molar-refractivity contribution in [1.82, 2.24) is 0 Å². The number of nitrogens with two attached hydrogens (primary N) is 1. The van der Waals surface area contributed by atoms with E-state index in [0.29, 0.717) is 30.4 Å². The number of anilines is 1. The molecule has 1 aromatic rings. The zero-order valence-electron chi connectivity index (χ0n) is 10.1. The van der Waals surface area contributed by atoms with Crippen molar-refractivity contribution in [2.24, 2.45) is 0 Å². The number of carbonyl (C=O) groups excluding carboxylic acids is 1. The molecule has 0 aliphatic carbocycles. The normalized spacial score (nSPS) is 10.0. The lowest BCUT2D eigenvalue weighted by Gasteiger charge is -2.13. The highest BCUT2D eigenvalue weighted by Crippen LogP contribution is 2.32. The molecule has 0 fully saturated rings. The van der Waals surface area contributed by atoms with Crippen LogP contribution in [0.5, 0.6) is 11.5 Å². The summed E-state index contributed by atoms with van der Waals surface area (Å²) in [6.45, 7) is 0.897. The third-order valence-corrected chi connectivity index (χ3v) is 2.27. The SMILES string of the molecule is COCCOc1cc(CC=O)c(N)cc1OC. The molecule has 2 N–H and O–H groups in total. The van der Waals surface area contributed by atoms with Crippen molar-refractivity contribution < 1.29 is 19.0 Å². The zero-order valence-corrected chi connectivity index (χ0v) is 10.1. The zero-order chi connectivity index (χ0) is 12.7. The maximum Gasteiger partial charge on any atom is 0.162 e. The molecule has 0 saturated carbocycles. The summed E-state index contributed by atoms with van der Waals surface area (Å²) < 4.78 is 15.5. The average molecular weight is 239 g/mol. The third-order valence-electron chi connectivity index (χ3n) is 2.27. The van der Waals surface area contributed by atoms with Gasteiger partial charge in [-0.3, -0.25) is 0 Å². The van der Waals surface area contributed by atoms with E-state index in [-0.39, 0.29) is 6.42 Å². The number of methoxy groups -OCH3 is 2. The Morgan fingerprint density at radius 1 is 1.24 bits per heavy atom. The van der Waals surface area contributed by atoms with E-state index in [0.717, 1.165) is 11.8 Å². The highest BCUT2D eigenvalue weighted by Gasteiger charge is 2.09. The third kappa shape index (κ3) is 3.64. The first-order chi connectivity index (χ1) is 8.22. The Bertz CT molecular complexity index is 379. The quantitative estimate of drug-likeness (QED) is 0.437. The Balaban J connectivity index is 2.90. The summed E-state index contributed by atoms with van der Waals surface area (Å²) in [5.74, 6) is 1.11. The Labute approximate surface area is 100 Å². The largest absolute Gasteiger partial charge is 0.493 e. The molecule has 0 radical (unpaired) electrons. The Morgan fingerprint density at radius 3 is 2.59 bits per heavy atom. The van der Waals surface area contributed by atoms with Gasteiger partial charge in [-0.25, -0.2) is 0 Å². The van der Waals surface area contributed by atoms with Crippen molar-refractivity contribution in [2.75, 3.05) is 33.2 Å². The fourth-order valence-corrected chi connectivity index (χ4v) is 1.39. The topological polar surface area (TPSA) is 70.8 Å². The van der Waals surface area contributed by atoms with Gasteiger partial charge in [0.15, 0.2) is 11.5 Å². The van der Waals surface area contributed by atoms with Gasteiger partial charge in [0.2, 0.25) is 0 Å². The molecule has 0 aliphatic heterocycles. The smallest absolute Gasteiger partial charge is 0.162 e. The predicted molar refractivity (Wildman–Crippen MR) is 64.5 cm³/mol. The molecule has 1 aromatic carbocycles. The lowest BCUT2D eigenvalue weighted by atomic mass is 10.1. The number of hydrogen-bond donors (Lipinski definition) is 1. The van der Waals surface area contributed by atoms with Crippen LogP contribution in [0.4, 0.5) is 5.69 Å². The lowest BCUT2D eigenvalue weighted by molar-refractivity contribution is -0.107. The molecule has 17 heavy (non-hydrogen) atoms. The number of nitrogen functional groups attached to an aromatic ring is 1. The molecule has 0 saturated heterocycles. The highest BCUT2D eigenvalue weighted by molar-refractivity contribution is 5.65. The van der Waals surface area contributed by atoms with Crippen molar-refractivity contribution in [3.63, 3.8) is 0 Å². The minimum absolute atomic E-state index is 0.260. The van der Waals surface area contributed by atoms with Gasteiger partial charge in [-0.1, -0.05) is 0 Å². The minimum atomic E-state index is 0.260. The van der Waals surface area contributed by atoms with Gasteiger partial charge in [-0.15, -0.1) is 0 Å². The van der Waals surface area contributed by atoms with Gasteiger partial charge in [0.05, 0.1) is 13.7 Å². The van der Waals surface area contributed by atoms with Gasteiger partial charge >= 0.3 is 0 Å². The van der Waals surface area contributed by atoms with Crippen LogP contribution in [-0.4, -0.2) is 33.7 Å². The fourth-order valence-electron chi connectivity index (χ4n) is 1.39. The second kappa shape index (κ2) is 6.75. The first-order valence-corrected chi connectivity index (χ1v) is 5.24. The number of hydrogen-bond acceptors (Lipinski definition) is 5. The summed E-state index contributed by atoms with van der Waals surface area (Å²) in [5.41, 5.74) is 7.04. The maximum absolute atomic E-state index is 10.5. The van der Waals surface area contributed by atoms with Crippen molar-refractivity contribution in [3.8, 4) is 11.5 Å². The molecule has 0 unspecified atom stereocenters. The number of benzene rings is 1. The van der Waals surface area contributed by atoms with Crippen LogP contribution in [0, 0.1) is 0 Å². The molecule has 5 heteroatoms. The Hall–Kier alpha value is -1.75. The highest BCUT2D eigenvalue weighted by atomic mass is 16.5. The Morgan fingerprint density at radius 2 is 2.00 bits per heavy atom. The molecule has 0 bridgehead atoms. The molecular weight excluding hydrogens is 222 g/mol. The molecule has 5 nitrogen and oxygen atoms in total. The average Bonchev–Trinajstić information content (AvgIpc) is 2.33. The monoisotopic (exact) mass is 239 g/mol. The summed E-state index contributed by atoms with van der Waals surface area (Å²) in [6.07, 6.45) is 1.06. The van der Waals surface area contributed by atoms with E-state index in [9.17, 15) is 4.79 Å². The number of ether oxygens (including phenoxy) is 3. The Kier molecular flexibility index (Phi) is 5.29. The molecule has 0 atom stereocenters. The lowest BCUT2D eigenvalue weighted by Crippen LogP contribution is -2.06. The van der Waals surface area contributed by atoms with Gasteiger partial charge in [0.25, 0.3) is 0 Å². The first-order valence-electron chi connectivity index (χ1n) is 5.24. The van der Waals surface area contributed by atoms with Crippen LogP contribution < -0.4 is 15.2 Å². The first kappa shape index (κ1) is 13.3. The van der Waals surface area contributed by atoms with Crippen LogP contribution in [0.1, 0.15) is 5.56 Å². The van der Waals surface area contributed by atoms with Crippen molar-refractivity contribution in [2.45, 2.75) is 6.42 Å². The fraction of sp³-hybridized carbons (Fsp3) is 0.417. The van der Waals surface area contributed by atoms with Crippen molar-refractivity contribution in [1.29, 1.82) is 0 Å². The number of aldehydes is 1. The molecule has 1 rings (SSSR count). The number of rotatable bonds is 7. The van der Waals surface area contributed by atoms with E-state index in [4.69, 9.17) is 19.9 Å². The summed E-state index contributed by atoms with van der Waals surface area (Å²) >= 11 is 0. The van der Waals surface area contributed by atoms with E-state index in [1.807, 2.05) is 0 Å². The van der Waals surface area contributed by atoms with Gasteiger partial charge in [-0.2, -0.15) is 0 Å². The van der Waals surface area contributed by atoms with Crippen LogP contribution >= 0.6 is 0 Å². The van der Waals surface area contributed by atoms with E-state index in [1.54, 1.807) is 19.2 Å². The second-order valence-electron chi connectivity index (χ2n) is 3.41. The van der Waals surface area contributed by atoms with Crippen LogP contribution in [0.15, 0.2) is 12.1 Å². The minimum Gasteiger partial charge on any atom is -0.493 e. The van der Waals surface area contributed by atoms with E-state index in [2.05, 4.69) is 0 Å². The van der Waals surface area contributed by atoms with Crippen LogP contribution in [-0.2, 0) is 16.0 Å². The summed E-state index contributed by atoms with van der Waals surface area (Å²) in [4.78, 5) is 10.5. The maximum atomic E-state index is 10.5. The van der Waals surface area contributed by atoms with E-state index in [1.165, 1.54) is 7.11 Å². The summed E-state index contributed by atoms with van der Waals surface area (Å²) in [6, 6.07) is 3.37. The second-order valence-corrected chi connectivity index (χ2v) is 3.41. The summed E-state index contributed by atoms with van der Waals surface area (Å²) in [5, 5.41) is 0. The van der Waals surface area contributed by atoms with Gasteiger partial charge < -0.3 is 24.7 Å². The van der Waals surface area contributed by atoms with Gasteiger partial charge in [0, 0.05) is 25.3 Å². The van der Waals surface area contributed by atoms with Crippen molar-refractivity contribution in [3.05, 3.63) is 17.7 Å². The summed E-state index contributed by atoms with van der Waals surface area (Å²) in [7, 11) is 3.14. The molecule has 0 amide bonds. The molecule has 0 aliphatic rings. The molecule has 0 heterocycles. The standard InChI is InChI=1S/C12H17NO4/c1-15-5-6-17-12-7-9(3-4-14)10(13)8-11(12)16-2/h4,7-8H,3,5-6,13H2,1-2H3. The molecule has 0 aromatic heterocycles. The van der Waals surface area contributed by atoms with Gasteiger partial charge in [-0.05, 0) is 11.6 Å². The van der Waals surface area contributed by atoms with Crippen LogP contribution in [0.3, 0.4) is 0 Å². The van der Waals surface area contributed by atoms with Crippen LogP contribution in [0.2, 0.25) is 0 Å². The molecular formula is C12H17NO4. The van der Waals surface area contributed by atoms with E-state index < -0.39 is 0 Å². The number of carbonyl (C=O) groups is 1. The van der Waals surface area contributed by atoms with E-state index >= 15 is 0 Å². The molecule has 0 spiro atoms. The van der Waals surface area contributed by atoms with Crippen molar-refractivity contribution >= 4 is 12.0 Å².